The zero-order chi connectivity index (χ0) is 15.5. The number of sulfonamides is 1. The third-order valence-electron chi connectivity index (χ3n) is 3.16. The summed E-state index contributed by atoms with van der Waals surface area (Å²) in [6.07, 6.45) is 2.07. The Morgan fingerprint density at radius 1 is 1.24 bits per heavy atom. The van der Waals surface area contributed by atoms with Crippen LogP contribution in [0.25, 0.3) is 0 Å². The summed E-state index contributed by atoms with van der Waals surface area (Å²) in [5, 5.41) is 0. The van der Waals surface area contributed by atoms with Crippen molar-refractivity contribution in [2.45, 2.75) is 38.1 Å². The minimum atomic E-state index is -3.55. The molecule has 1 heterocycles. The average molecular weight is 324 g/mol. The van der Waals surface area contributed by atoms with E-state index in [-0.39, 0.29) is 0 Å². The summed E-state index contributed by atoms with van der Waals surface area (Å²) < 4.78 is 27.5. The highest BCUT2D eigenvalue weighted by Gasteiger charge is 2.19. The summed E-state index contributed by atoms with van der Waals surface area (Å²) in [5.74, 6) is 0. The highest BCUT2D eigenvalue weighted by atomic mass is 32.2. The van der Waals surface area contributed by atoms with Crippen LogP contribution in [0.1, 0.15) is 28.7 Å². The number of nitrogens with one attached hydrogen (secondary N) is 1. The lowest BCUT2D eigenvalue weighted by atomic mass is 10.1. The van der Waals surface area contributed by atoms with Gasteiger partial charge in [-0.25, -0.2) is 8.42 Å². The second-order valence-electron chi connectivity index (χ2n) is 4.89. The van der Waals surface area contributed by atoms with Crippen LogP contribution in [-0.4, -0.2) is 8.42 Å². The number of rotatable bonds is 6. The Hall–Kier alpha value is -1.37. The molecule has 0 aliphatic carbocycles. The van der Waals surface area contributed by atoms with Crippen LogP contribution in [0.15, 0.2) is 35.2 Å². The minimum Gasteiger partial charge on any atom is -0.326 e. The van der Waals surface area contributed by atoms with E-state index in [1.807, 2.05) is 12.1 Å². The molecule has 0 amide bonds. The van der Waals surface area contributed by atoms with Gasteiger partial charge in [0, 0.05) is 22.0 Å². The molecule has 0 atom stereocenters. The van der Waals surface area contributed by atoms with Crippen LogP contribution in [0.5, 0.6) is 0 Å². The van der Waals surface area contributed by atoms with Gasteiger partial charge in [-0.1, -0.05) is 25.5 Å². The maximum absolute atomic E-state index is 12.4. The van der Waals surface area contributed by atoms with Gasteiger partial charge in [-0.15, -0.1) is 11.3 Å². The van der Waals surface area contributed by atoms with E-state index in [0.717, 1.165) is 22.6 Å². The van der Waals surface area contributed by atoms with Gasteiger partial charge in [-0.2, -0.15) is 0 Å². The van der Waals surface area contributed by atoms with Crippen molar-refractivity contribution < 1.29 is 8.42 Å². The van der Waals surface area contributed by atoms with E-state index >= 15 is 0 Å². The molecule has 1 aromatic heterocycles. The van der Waals surface area contributed by atoms with Gasteiger partial charge in [0.25, 0.3) is 10.0 Å². The first-order valence-corrected chi connectivity index (χ1v) is 9.17. The van der Waals surface area contributed by atoms with Gasteiger partial charge in [0.05, 0.1) is 0 Å². The van der Waals surface area contributed by atoms with Crippen molar-refractivity contribution in [1.29, 1.82) is 0 Å². The normalized spacial score (nSPS) is 11.6. The van der Waals surface area contributed by atoms with Gasteiger partial charge in [-0.3, -0.25) is 4.72 Å². The van der Waals surface area contributed by atoms with Crippen LogP contribution < -0.4 is 10.5 Å². The highest BCUT2D eigenvalue weighted by molar-refractivity contribution is 7.93. The molecule has 2 aromatic rings. The van der Waals surface area contributed by atoms with Gasteiger partial charge in [-0.05, 0) is 37.1 Å². The molecule has 4 nitrogen and oxygen atoms in total. The molecule has 21 heavy (non-hydrogen) atoms. The highest BCUT2D eigenvalue weighted by Crippen LogP contribution is 2.27. The summed E-state index contributed by atoms with van der Waals surface area (Å²) in [6, 6.07) is 9.15. The zero-order valence-electron chi connectivity index (χ0n) is 12.2. The Balaban J connectivity index is 2.22. The van der Waals surface area contributed by atoms with Crippen LogP contribution in [0, 0.1) is 6.92 Å². The average Bonchev–Trinajstić information content (AvgIpc) is 2.83. The van der Waals surface area contributed by atoms with Crippen molar-refractivity contribution in [1.82, 2.24) is 0 Å². The molecular formula is C15H20N2O2S2. The smallest absolute Gasteiger partial charge is 0.263 e. The van der Waals surface area contributed by atoms with Gasteiger partial charge >= 0.3 is 0 Å². The zero-order valence-corrected chi connectivity index (χ0v) is 13.9. The maximum atomic E-state index is 12.4. The number of hydrogen-bond donors (Lipinski definition) is 2. The first kappa shape index (κ1) is 16.0. The number of nitrogens with two attached hydrogens (primary N) is 1. The monoisotopic (exact) mass is 324 g/mol. The molecule has 0 unspecified atom stereocenters. The lowest BCUT2D eigenvalue weighted by molar-refractivity contribution is 0.601. The van der Waals surface area contributed by atoms with Gasteiger partial charge in [0.1, 0.15) is 4.90 Å². The van der Waals surface area contributed by atoms with Gasteiger partial charge < -0.3 is 5.73 Å². The summed E-state index contributed by atoms with van der Waals surface area (Å²) in [6.45, 7) is 4.26. The van der Waals surface area contributed by atoms with E-state index in [0.29, 0.717) is 17.1 Å². The molecule has 0 aliphatic heterocycles. The van der Waals surface area contributed by atoms with Crippen LogP contribution in [0.4, 0.5) is 5.69 Å². The fraction of sp³-hybridized carbons (Fsp3) is 0.333. The molecule has 0 bridgehead atoms. The third kappa shape index (κ3) is 3.84. The summed E-state index contributed by atoms with van der Waals surface area (Å²) in [7, 11) is -3.55. The minimum absolute atomic E-state index is 0.311. The van der Waals surface area contributed by atoms with Crippen molar-refractivity contribution in [2.24, 2.45) is 5.73 Å². The van der Waals surface area contributed by atoms with Gasteiger partial charge in [0.15, 0.2) is 0 Å². The SMILES string of the molecule is CCCc1ccc(NS(=O)(=O)c2cc(CN)sc2C)cc1. The van der Waals surface area contributed by atoms with Crippen molar-refractivity contribution in [3.8, 4) is 0 Å². The summed E-state index contributed by atoms with van der Waals surface area (Å²) in [5.41, 5.74) is 7.35. The first-order valence-electron chi connectivity index (χ1n) is 6.87. The van der Waals surface area contributed by atoms with E-state index in [1.54, 1.807) is 25.1 Å². The molecule has 0 saturated heterocycles. The molecule has 3 N–H and O–H groups in total. The van der Waals surface area contributed by atoms with Crippen molar-refractivity contribution in [2.75, 3.05) is 4.72 Å². The second kappa shape index (κ2) is 6.60. The van der Waals surface area contributed by atoms with E-state index in [9.17, 15) is 8.42 Å². The molecule has 0 saturated carbocycles. The number of benzene rings is 1. The number of aryl methyl sites for hydroxylation is 2. The Morgan fingerprint density at radius 2 is 1.90 bits per heavy atom. The molecule has 0 aliphatic rings. The van der Waals surface area contributed by atoms with Crippen LogP contribution in [-0.2, 0) is 23.0 Å². The Morgan fingerprint density at radius 3 is 2.43 bits per heavy atom. The standard InChI is InChI=1S/C15H20N2O2S2/c1-3-4-12-5-7-13(8-6-12)17-21(18,19)15-9-14(10-16)20-11(15)2/h5-9,17H,3-4,10,16H2,1-2H3. The lowest BCUT2D eigenvalue weighted by Gasteiger charge is -2.08. The molecule has 114 valence electrons. The Bertz CT molecular complexity index is 704. The predicted octanol–water partition coefficient (Wildman–Crippen LogP) is 3.27. The molecule has 0 radical (unpaired) electrons. The van der Waals surface area contributed by atoms with Crippen LogP contribution in [0.2, 0.25) is 0 Å². The molecule has 0 spiro atoms. The molecule has 0 fully saturated rings. The summed E-state index contributed by atoms with van der Waals surface area (Å²) in [4.78, 5) is 1.93. The fourth-order valence-corrected chi connectivity index (χ4v) is 4.70. The largest absolute Gasteiger partial charge is 0.326 e. The number of thiophene rings is 1. The lowest BCUT2D eigenvalue weighted by Crippen LogP contribution is -2.13. The molecule has 2 rings (SSSR count). The first-order chi connectivity index (χ1) is 9.96. The van der Waals surface area contributed by atoms with E-state index in [4.69, 9.17) is 5.73 Å². The van der Waals surface area contributed by atoms with E-state index in [2.05, 4.69) is 11.6 Å². The molecular weight excluding hydrogens is 304 g/mol. The van der Waals surface area contributed by atoms with Gasteiger partial charge in [0.2, 0.25) is 0 Å². The maximum Gasteiger partial charge on any atom is 0.263 e. The number of hydrogen-bond acceptors (Lipinski definition) is 4. The Labute approximate surface area is 130 Å². The van der Waals surface area contributed by atoms with Crippen molar-refractivity contribution in [3.63, 3.8) is 0 Å². The van der Waals surface area contributed by atoms with E-state index < -0.39 is 10.0 Å². The van der Waals surface area contributed by atoms with Crippen molar-refractivity contribution >= 4 is 27.0 Å². The molecule has 6 heteroatoms. The van der Waals surface area contributed by atoms with E-state index in [1.165, 1.54) is 16.9 Å². The summed E-state index contributed by atoms with van der Waals surface area (Å²) >= 11 is 1.42. The molecule has 1 aromatic carbocycles. The Kier molecular flexibility index (Phi) is 5.03. The van der Waals surface area contributed by atoms with Crippen molar-refractivity contribution in [3.05, 3.63) is 45.6 Å². The van der Waals surface area contributed by atoms with Crippen LogP contribution >= 0.6 is 11.3 Å². The second-order valence-corrected chi connectivity index (χ2v) is 7.88. The quantitative estimate of drug-likeness (QED) is 0.856. The number of anilines is 1. The fourth-order valence-electron chi connectivity index (χ4n) is 2.13. The third-order valence-corrected chi connectivity index (χ3v) is 5.87. The topological polar surface area (TPSA) is 72.2 Å². The van der Waals surface area contributed by atoms with Crippen LogP contribution in [0.3, 0.4) is 0 Å². The predicted molar refractivity (Wildman–Crippen MR) is 88.2 cm³/mol.